The highest BCUT2D eigenvalue weighted by atomic mass is 16.1. The zero-order chi connectivity index (χ0) is 15.2. The lowest BCUT2D eigenvalue weighted by Crippen LogP contribution is -2.15. The molecule has 0 atom stereocenters. The molecule has 0 aliphatic heterocycles. The van der Waals surface area contributed by atoms with E-state index in [0.717, 1.165) is 16.8 Å². The molecule has 0 unspecified atom stereocenters. The normalized spacial score (nSPS) is 9.67. The fourth-order valence-corrected chi connectivity index (χ4v) is 1.96. The van der Waals surface area contributed by atoms with Crippen molar-refractivity contribution in [3.05, 3.63) is 58.8 Å². The lowest BCUT2D eigenvalue weighted by Gasteiger charge is -2.09. The molecule has 1 aromatic heterocycles. The first-order valence-electron chi connectivity index (χ1n) is 6.65. The fourth-order valence-electron chi connectivity index (χ4n) is 1.96. The van der Waals surface area contributed by atoms with Crippen LogP contribution in [0.1, 0.15) is 27.2 Å². The number of pyridine rings is 1. The Morgan fingerprint density at radius 1 is 1.24 bits per heavy atom. The Hall–Kier alpha value is -2.64. The van der Waals surface area contributed by atoms with E-state index in [1.807, 2.05) is 38.1 Å². The highest BCUT2D eigenvalue weighted by molar-refractivity contribution is 6.05. The Labute approximate surface area is 124 Å². The molecule has 0 bridgehead atoms. The molecule has 2 aromatic rings. The molecule has 0 spiro atoms. The largest absolute Gasteiger partial charge is 0.320 e. The van der Waals surface area contributed by atoms with Gasteiger partial charge in [-0.3, -0.25) is 4.79 Å². The number of anilines is 1. The van der Waals surface area contributed by atoms with E-state index in [9.17, 15) is 4.79 Å². The van der Waals surface area contributed by atoms with Gasteiger partial charge in [0.2, 0.25) is 0 Å². The second-order valence-electron chi connectivity index (χ2n) is 4.60. The number of carbonyl (C=O) groups excluding carboxylic acids is 1. The molecule has 3 N–H and O–H groups in total. The van der Waals surface area contributed by atoms with Gasteiger partial charge in [-0.05, 0) is 43.7 Å². The van der Waals surface area contributed by atoms with E-state index < -0.39 is 0 Å². The first kappa shape index (κ1) is 14.8. The highest BCUT2D eigenvalue weighted by Gasteiger charge is 2.11. The molecular formula is C17H17N3O. The number of benzene rings is 1. The van der Waals surface area contributed by atoms with E-state index in [2.05, 4.69) is 22.1 Å². The van der Waals surface area contributed by atoms with E-state index in [1.165, 1.54) is 0 Å². The van der Waals surface area contributed by atoms with Gasteiger partial charge in [0.05, 0.1) is 6.54 Å². The zero-order valence-electron chi connectivity index (χ0n) is 12.1. The lowest BCUT2D eigenvalue weighted by molar-refractivity contribution is 0.102. The molecule has 0 radical (unpaired) electrons. The molecule has 1 amide bonds. The summed E-state index contributed by atoms with van der Waals surface area (Å²) in [7, 11) is 0. The van der Waals surface area contributed by atoms with Gasteiger partial charge in [-0.2, -0.15) is 0 Å². The van der Waals surface area contributed by atoms with Crippen LogP contribution in [0.2, 0.25) is 0 Å². The van der Waals surface area contributed by atoms with Gasteiger partial charge in [-0.1, -0.05) is 24.0 Å². The number of aromatic nitrogens is 1. The maximum atomic E-state index is 12.3. The van der Waals surface area contributed by atoms with E-state index in [-0.39, 0.29) is 5.91 Å². The monoisotopic (exact) mass is 279 g/mol. The van der Waals surface area contributed by atoms with Crippen molar-refractivity contribution in [2.24, 2.45) is 5.73 Å². The molecule has 1 aromatic carbocycles. The number of carbonyl (C=O) groups is 1. The van der Waals surface area contributed by atoms with E-state index in [0.29, 0.717) is 17.9 Å². The maximum Gasteiger partial charge on any atom is 0.257 e. The minimum absolute atomic E-state index is 0.193. The van der Waals surface area contributed by atoms with Gasteiger partial charge in [0.1, 0.15) is 5.82 Å². The quantitative estimate of drug-likeness (QED) is 0.829. The molecule has 0 saturated heterocycles. The van der Waals surface area contributed by atoms with Crippen molar-refractivity contribution in [2.75, 3.05) is 11.9 Å². The molecule has 0 fully saturated rings. The third-order valence-electron chi connectivity index (χ3n) is 3.03. The number of nitrogens with two attached hydrogens (primary N) is 1. The minimum Gasteiger partial charge on any atom is -0.320 e. The Balaban J connectivity index is 2.27. The predicted molar refractivity (Wildman–Crippen MR) is 84.0 cm³/mol. The van der Waals surface area contributed by atoms with Crippen molar-refractivity contribution in [1.29, 1.82) is 0 Å². The summed E-state index contributed by atoms with van der Waals surface area (Å²) in [5, 5.41) is 2.80. The van der Waals surface area contributed by atoms with Crippen LogP contribution >= 0.6 is 0 Å². The van der Waals surface area contributed by atoms with Gasteiger partial charge in [0.25, 0.3) is 5.91 Å². The van der Waals surface area contributed by atoms with Crippen molar-refractivity contribution >= 4 is 11.7 Å². The maximum absolute atomic E-state index is 12.3. The molecule has 0 saturated carbocycles. The SMILES string of the molecule is Cc1cccc(NC(=O)c2cccc(C#CCN)c2C)n1. The standard InChI is InChI=1S/C17H17N3O/c1-12-6-3-10-16(19-12)20-17(21)15-9-4-7-14(13(15)2)8-5-11-18/h3-4,6-7,9-10H,11,18H2,1-2H3,(H,19,20,21). The van der Waals surface area contributed by atoms with Crippen molar-refractivity contribution in [2.45, 2.75) is 13.8 Å². The summed E-state index contributed by atoms with van der Waals surface area (Å²) in [6.45, 7) is 4.05. The lowest BCUT2D eigenvalue weighted by atomic mass is 10.0. The minimum atomic E-state index is -0.193. The van der Waals surface area contributed by atoms with Gasteiger partial charge in [-0.15, -0.1) is 0 Å². The molecule has 21 heavy (non-hydrogen) atoms. The zero-order valence-corrected chi connectivity index (χ0v) is 12.1. The van der Waals surface area contributed by atoms with Crippen LogP contribution in [0.3, 0.4) is 0 Å². The molecule has 0 aliphatic rings. The molecule has 106 valence electrons. The van der Waals surface area contributed by atoms with Crippen molar-refractivity contribution in [3.63, 3.8) is 0 Å². The van der Waals surface area contributed by atoms with Gasteiger partial charge in [0, 0.05) is 16.8 Å². The van der Waals surface area contributed by atoms with E-state index in [4.69, 9.17) is 5.73 Å². The summed E-state index contributed by atoms with van der Waals surface area (Å²) >= 11 is 0. The van der Waals surface area contributed by atoms with Crippen LogP contribution in [0, 0.1) is 25.7 Å². The van der Waals surface area contributed by atoms with Crippen LogP contribution in [0.5, 0.6) is 0 Å². The van der Waals surface area contributed by atoms with Crippen LogP contribution in [0.15, 0.2) is 36.4 Å². The first-order chi connectivity index (χ1) is 10.1. The smallest absolute Gasteiger partial charge is 0.257 e. The summed E-state index contributed by atoms with van der Waals surface area (Å²) < 4.78 is 0. The van der Waals surface area contributed by atoms with Crippen LogP contribution in [-0.2, 0) is 0 Å². The topological polar surface area (TPSA) is 68.0 Å². The molecule has 0 aliphatic carbocycles. The Morgan fingerprint density at radius 3 is 2.71 bits per heavy atom. The predicted octanol–water partition coefficient (Wildman–Crippen LogP) is 2.26. The number of rotatable bonds is 2. The third kappa shape index (κ3) is 3.68. The summed E-state index contributed by atoms with van der Waals surface area (Å²) in [6, 6.07) is 11.0. The second-order valence-corrected chi connectivity index (χ2v) is 4.60. The molecular weight excluding hydrogens is 262 g/mol. The average molecular weight is 279 g/mol. The summed E-state index contributed by atoms with van der Waals surface area (Å²) in [5.74, 6) is 6.12. The van der Waals surface area contributed by atoms with Gasteiger partial charge in [0.15, 0.2) is 0 Å². The van der Waals surface area contributed by atoms with E-state index in [1.54, 1.807) is 12.1 Å². The van der Waals surface area contributed by atoms with E-state index >= 15 is 0 Å². The number of hydrogen-bond donors (Lipinski definition) is 2. The van der Waals surface area contributed by atoms with Gasteiger partial charge in [-0.25, -0.2) is 4.98 Å². The molecule has 1 heterocycles. The summed E-state index contributed by atoms with van der Waals surface area (Å²) in [5.41, 5.74) is 8.47. The Morgan fingerprint density at radius 2 is 2.00 bits per heavy atom. The number of aryl methyl sites for hydroxylation is 1. The highest BCUT2D eigenvalue weighted by Crippen LogP contribution is 2.15. The third-order valence-corrected chi connectivity index (χ3v) is 3.03. The Kier molecular flexibility index (Phi) is 4.70. The summed E-state index contributed by atoms with van der Waals surface area (Å²) in [4.78, 5) is 16.6. The molecule has 2 rings (SSSR count). The number of nitrogens with one attached hydrogen (secondary N) is 1. The van der Waals surface area contributed by atoms with Gasteiger partial charge < -0.3 is 11.1 Å². The summed E-state index contributed by atoms with van der Waals surface area (Å²) in [6.07, 6.45) is 0. The molecule has 4 nitrogen and oxygen atoms in total. The van der Waals surface area contributed by atoms with Crippen molar-refractivity contribution in [3.8, 4) is 11.8 Å². The first-order valence-corrected chi connectivity index (χ1v) is 6.65. The van der Waals surface area contributed by atoms with Crippen LogP contribution < -0.4 is 11.1 Å². The number of nitrogens with zero attached hydrogens (tertiary/aromatic N) is 1. The van der Waals surface area contributed by atoms with Gasteiger partial charge >= 0.3 is 0 Å². The van der Waals surface area contributed by atoms with Crippen LogP contribution in [0.4, 0.5) is 5.82 Å². The number of amides is 1. The van der Waals surface area contributed by atoms with Crippen molar-refractivity contribution in [1.82, 2.24) is 4.98 Å². The number of hydrogen-bond acceptors (Lipinski definition) is 3. The van der Waals surface area contributed by atoms with Crippen LogP contribution in [-0.4, -0.2) is 17.4 Å². The second kappa shape index (κ2) is 6.69. The van der Waals surface area contributed by atoms with Crippen molar-refractivity contribution < 1.29 is 4.79 Å². The van der Waals surface area contributed by atoms with Crippen LogP contribution in [0.25, 0.3) is 0 Å². The average Bonchev–Trinajstić information content (AvgIpc) is 2.46. The molecule has 4 heteroatoms. The fraction of sp³-hybridized carbons (Fsp3) is 0.176. The Bertz CT molecular complexity index is 726.